The van der Waals surface area contributed by atoms with E-state index in [4.69, 9.17) is 5.73 Å². The molecule has 0 atom stereocenters. The molecule has 0 aliphatic heterocycles. The molecule has 0 spiro atoms. The Kier molecular flexibility index (Phi) is 3.20. The largest absolute Gasteiger partial charge is 0.383 e. The van der Waals surface area contributed by atoms with E-state index in [0.717, 1.165) is 16.3 Å². The summed E-state index contributed by atoms with van der Waals surface area (Å²) in [6.07, 6.45) is 4.95. The minimum absolute atomic E-state index is 0.432. The molecule has 3 rings (SSSR count). The predicted molar refractivity (Wildman–Crippen MR) is 79.4 cm³/mol. The number of anilines is 2. The Balaban J connectivity index is 1.86. The van der Waals surface area contributed by atoms with Crippen LogP contribution >= 0.6 is 0 Å². The molecule has 0 aliphatic rings. The van der Waals surface area contributed by atoms with E-state index in [2.05, 4.69) is 25.7 Å². The van der Waals surface area contributed by atoms with Crippen LogP contribution in [-0.2, 0) is 0 Å². The second-order valence-corrected chi connectivity index (χ2v) is 4.13. The average Bonchev–Trinajstić information content (AvgIpc) is 2.49. The van der Waals surface area contributed by atoms with Gasteiger partial charge in [0.1, 0.15) is 5.82 Å². The minimum Gasteiger partial charge on any atom is -0.383 e. The van der Waals surface area contributed by atoms with Crippen molar-refractivity contribution in [3.8, 4) is 0 Å². The molecule has 0 aliphatic carbocycles. The van der Waals surface area contributed by atoms with Crippen molar-refractivity contribution >= 4 is 28.6 Å². The molecule has 6 heteroatoms. The molecule has 3 aromatic rings. The quantitative estimate of drug-likeness (QED) is 0.558. The summed E-state index contributed by atoms with van der Waals surface area (Å²) in [5, 5.41) is 14.1. The third kappa shape index (κ3) is 2.39. The third-order valence-corrected chi connectivity index (χ3v) is 2.82. The molecule has 0 saturated heterocycles. The first kappa shape index (κ1) is 12.0. The topological polar surface area (TPSA) is 89.1 Å². The molecule has 2 heterocycles. The van der Waals surface area contributed by atoms with Crippen LogP contribution in [0.15, 0.2) is 53.9 Å². The first-order valence-corrected chi connectivity index (χ1v) is 6.04. The lowest BCUT2D eigenvalue weighted by atomic mass is 10.2. The molecule has 0 unspecified atom stereocenters. The monoisotopic (exact) mass is 264 g/mol. The number of hydrogen-bond donors (Lipinski definition) is 2. The smallest absolute Gasteiger partial charge is 0.176 e. The third-order valence-electron chi connectivity index (χ3n) is 2.82. The Bertz CT molecular complexity index is 763. The van der Waals surface area contributed by atoms with Crippen LogP contribution in [-0.4, -0.2) is 21.4 Å². The number of nitrogens with two attached hydrogens (primary N) is 1. The van der Waals surface area contributed by atoms with E-state index in [-0.39, 0.29) is 0 Å². The maximum atomic E-state index is 5.73. The van der Waals surface area contributed by atoms with Crippen molar-refractivity contribution in [2.75, 3.05) is 11.2 Å². The number of aromatic nitrogens is 3. The summed E-state index contributed by atoms with van der Waals surface area (Å²) in [6, 6.07) is 11.5. The maximum absolute atomic E-state index is 5.73. The van der Waals surface area contributed by atoms with E-state index in [0.29, 0.717) is 11.6 Å². The van der Waals surface area contributed by atoms with Crippen molar-refractivity contribution in [2.24, 2.45) is 5.10 Å². The van der Waals surface area contributed by atoms with Crippen molar-refractivity contribution in [2.45, 2.75) is 0 Å². The summed E-state index contributed by atoms with van der Waals surface area (Å²) >= 11 is 0. The summed E-state index contributed by atoms with van der Waals surface area (Å²) in [5.74, 6) is 1.03. The Morgan fingerprint density at radius 1 is 1.15 bits per heavy atom. The molecule has 1 aromatic carbocycles. The van der Waals surface area contributed by atoms with Gasteiger partial charge in [-0.05, 0) is 12.1 Å². The highest BCUT2D eigenvalue weighted by Gasteiger charge is 2.01. The molecule has 0 fully saturated rings. The second-order valence-electron chi connectivity index (χ2n) is 4.13. The maximum Gasteiger partial charge on any atom is 0.176 e. The lowest BCUT2D eigenvalue weighted by molar-refractivity contribution is 1.04. The Labute approximate surface area is 115 Å². The van der Waals surface area contributed by atoms with Crippen LogP contribution in [0.25, 0.3) is 10.8 Å². The van der Waals surface area contributed by atoms with Gasteiger partial charge >= 0.3 is 0 Å². The van der Waals surface area contributed by atoms with Crippen molar-refractivity contribution in [3.63, 3.8) is 0 Å². The van der Waals surface area contributed by atoms with Crippen molar-refractivity contribution in [1.82, 2.24) is 15.2 Å². The van der Waals surface area contributed by atoms with Gasteiger partial charge in [-0.15, -0.1) is 5.10 Å². The van der Waals surface area contributed by atoms with Crippen LogP contribution in [0.3, 0.4) is 0 Å². The van der Waals surface area contributed by atoms with Gasteiger partial charge in [0.05, 0.1) is 12.4 Å². The fourth-order valence-corrected chi connectivity index (χ4v) is 1.81. The van der Waals surface area contributed by atoms with Gasteiger partial charge in [0, 0.05) is 22.5 Å². The first-order valence-electron chi connectivity index (χ1n) is 6.04. The molecule has 20 heavy (non-hydrogen) atoms. The predicted octanol–water partition coefficient (Wildman–Crippen LogP) is 2.05. The molecular weight excluding hydrogens is 252 g/mol. The van der Waals surface area contributed by atoms with Gasteiger partial charge in [0.2, 0.25) is 0 Å². The highest BCUT2D eigenvalue weighted by molar-refractivity contribution is 5.91. The summed E-state index contributed by atoms with van der Waals surface area (Å²) in [5.41, 5.74) is 9.35. The Hall–Kier alpha value is -3.02. The average molecular weight is 264 g/mol. The van der Waals surface area contributed by atoms with Gasteiger partial charge in [-0.25, -0.2) is 4.98 Å². The molecule has 98 valence electrons. The van der Waals surface area contributed by atoms with E-state index in [1.165, 1.54) is 0 Å². The second kappa shape index (κ2) is 5.31. The van der Waals surface area contributed by atoms with Crippen LogP contribution in [0.2, 0.25) is 0 Å². The molecule has 0 saturated carbocycles. The molecule has 0 amide bonds. The zero-order chi connectivity index (χ0) is 13.8. The highest BCUT2D eigenvalue weighted by Crippen LogP contribution is 2.18. The van der Waals surface area contributed by atoms with Gasteiger partial charge in [-0.3, -0.25) is 5.43 Å². The number of hydrazone groups is 1. The van der Waals surface area contributed by atoms with Gasteiger partial charge in [-0.2, -0.15) is 10.2 Å². The number of fused-ring (bicyclic) bond motifs is 1. The number of pyridine rings is 1. The van der Waals surface area contributed by atoms with Crippen LogP contribution in [0, 0.1) is 0 Å². The number of hydrogen-bond acceptors (Lipinski definition) is 6. The zero-order valence-electron chi connectivity index (χ0n) is 10.6. The van der Waals surface area contributed by atoms with E-state index >= 15 is 0 Å². The SMILES string of the molecule is Nc1ncccc1/C=N\Nc1nncc2ccccc12. The van der Waals surface area contributed by atoms with Gasteiger partial charge in [0.15, 0.2) is 5.82 Å². The number of nitrogen functional groups attached to an aromatic ring is 1. The Morgan fingerprint density at radius 2 is 2.05 bits per heavy atom. The van der Waals surface area contributed by atoms with Crippen molar-refractivity contribution in [3.05, 3.63) is 54.4 Å². The lowest BCUT2D eigenvalue weighted by Gasteiger charge is -2.03. The summed E-state index contributed by atoms with van der Waals surface area (Å²) in [4.78, 5) is 3.99. The summed E-state index contributed by atoms with van der Waals surface area (Å²) in [7, 11) is 0. The van der Waals surface area contributed by atoms with E-state index in [1.54, 1.807) is 24.7 Å². The van der Waals surface area contributed by atoms with Crippen LogP contribution in [0.1, 0.15) is 5.56 Å². The Morgan fingerprint density at radius 3 is 2.95 bits per heavy atom. The zero-order valence-corrected chi connectivity index (χ0v) is 10.6. The molecular formula is C14H12N6. The van der Waals surface area contributed by atoms with E-state index in [9.17, 15) is 0 Å². The molecule has 6 nitrogen and oxygen atoms in total. The molecule has 2 aromatic heterocycles. The summed E-state index contributed by atoms with van der Waals surface area (Å²) in [6.45, 7) is 0. The molecule has 0 radical (unpaired) electrons. The molecule has 3 N–H and O–H groups in total. The highest BCUT2D eigenvalue weighted by atomic mass is 15.3. The van der Waals surface area contributed by atoms with Gasteiger partial charge < -0.3 is 5.73 Å². The van der Waals surface area contributed by atoms with Gasteiger partial charge in [0.25, 0.3) is 0 Å². The number of benzene rings is 1. The van der Waals surface area contributed by atoms with Crippen LogP contribution in [0.4, 0.5) is 11.6 Å². The van der Waals surface area contributed by atoms with E-state index in [1.807, 2.05) is 30.3 Å². The fourth-order valence-electron chi connectivity index (χ4n) is 1.81. The standard InChI is InChI=1S/C14H12N6/c15-13-11(5-3-7-16-13)9-18-20-14-12-6-2-1-4-10(12)8-17-19-14/h1-9H,(H2,15,16)(H,19,20)/b18-9-. The van der Waals surface area contributed by atoms with Crippen molar-refractivity contribution in [1.29, 1.82) is 0 Å². The van der Waals surface area contributed by atoms with Crippen LogP contribution < -0.4 is 11.2 Å². The van der Waals surface area contributed by atoms with Crippen molar-refractivity contribution < 1.29 is 0 Å². The van der Waals surface area contributed by atoms with Crippen LogP contribution in [0.5, 0.6) is 0 Å². The van der Waals surface area contributed by atoms with Gasteiger partial charge in [-0.1, -0.05) is 24.3 Å². The number of nitrogens with one attached hydrogen (secondary N) is 1. The minimum atomic E-state index is 0.432. The number of rotatable bonds is 3. The number of nitrogens with zero attached hydrogens (tertiary/aromatic N) is 4. The summed E-state index contributed by atoms with van der Waals surface area (Å²) < 4.78 is 0. The fraction of sp³-hybridized carbons (Fsp3) is 0. The van der Waals surface area contributed by atoms with E-state index < -0.39 is 0 Å². The molecule has 0 bridgehead atoms. The lowest BCUT2D eigenvalue weighted by Crippen LogP contribution is -1.99. The normalized spacial score (nSPS) is 11.0. The first-order chi connectivity index (χ1) is 9.84.